The molecule has 0 aromatic heterocycles. The minimum Gasteiger partial charge on any atom is -0.203 e. The van der Waals surface area contributed by atoms with Crippen LogP contribution in [-0.4, -0.2) is 0 Å². The van der Waals surface area contributed by atoms with Crippen LogP contribution >= 0.6 is 0 Å². The van der Waals surface area contributed by atoms with Gasteiger partial charge in [0.15, 0.2) is 23.3 Å². The van der Waals surface area contributed by atoms with E-state index in [1.165, 1.54) is 0 Å². The second-order valence-electron chi connectivity index (χ2n) is 5.26. The average molecular weight is 248 g/mol. The largest absolute Gasteiger partial charge is 0.203 e. The Morgan fingerprint density at radius 2 is 1.24 bits per heavy atom. The number of hydrogen-bond donors (Lipinski definition) is 0. The van der Waals surface area contributed by atoms with Crippen LogP contribution in [0.1, 0.15) is 31.7 Å². The summed E-state index contributed by atoms with van der Waals surface area (Å²) in [5.41, 5.74) is -1.72. The van der Waals surface area contributed by atoms with E-state index in [4.69, 9.17) is 0 Å². The molecule has 0 aliphatic heterocycles. The average Bonchev–Trinajstić information content (AvgIpc) is 2.71. The van der Waals surface area contributed by atoms with E-state index in [-0.39, 0.29) is 5.41 Å². The van der Waals surface area contributed by atoms with Gasteiger partial charge in [0.2, 0.25) is 5.82 Å². The molecule has 2 saturated carbocycles. The zero-order valence-electron chi connectivity index (χ0n) is 9.01. The summed E-state index contributed by atoms with van der Waals surface area (Å²) >= 11 is 0. The molecule has 5 heteroatoms. The lowest BCUT2D eigenvalue weighted by Gasteiger charge is -2.33. The molecule has 17 heavy (non-hydrogen) atoms. The molecule has 2 fully saturated rings. The van der Waals surface area contributed by atoms with Crippen molar-refractivity contribution in [2.24, 2.45) is 5.41 Å². The van der Waals surface area contributed by atoms with Crippen molar-refractivity contribution >= 4 is 0 Å². The van der Waals surface area contributed by atoms with Crippen molar-refractivity contribution < 1.29 is 22.0 Å². The van der Waals surface area contributed by atoms with E-state index >= 15 is 0 Å². The maximum Gasteiger partial charge on any atom is 0.200 e. The second kappa shape index (κ2) is 2.82. The standard InChI is InChI=1S/C12H9F5/c1-11-2-3-12(11,4-11)5-6(13)8(15)10(17)9(16)7(5)14/h2-4H2,1H3. The number of fused-ring (bicyclic) bond motifs is 1. The Bertz CT molecular complexity index is 509. The number of benzene rings is 1. The first-order chi connectivity index (χ1) is 7.84. The Balaban J connectivity index is 2.25. The van der Waals surface area contributed by atoms with E-state index in [0.717, 1.165) is 6.42 Å². The summed E-state index contributed by atoms with van der Waals surface area (Å²) in [4.78, 5) is 0. The van der Waals surface area contributed by atoms with Crippen LogP contribution < -0.4 is 0 Å². The minimum absolute atomic E-state index is 0.286. The van der Waals surface area contributed by atoms with Crippen LogP contribution in [0, 0.1) is 34.5 Å². The van der Waals surface area contributed by atoms with Crippen LogP contribution in [0.25, 0.3) is 0 Å². The van der Waals surface area contributed by atoms with Crippen molar-refractivity contribution in [2.75, 3.05) is 0 Å². The summed E-state index contributed by atoms with van der Waals surface area (Å²) in [5, 5.41) is 0. The fourth-order valence-electron chi connectivity index (χ4n) is 3.19. The van der Waals surface area contributed by atoms with Gasteiger partial charge in [0.25, 0.3) is 0 Å². The van der Waals surface area contributed by atoms with Gasteiger partial charge < -0.3 is 0 Å². The molecule has 1 aromatic carbocycles. The predicted molar refractivity (Wildman–Crippen MR) is 49.9 cm³/mol. The van der Waals surface area contributed by atoms with Gasteiger partial charge in [0, 0.05) is 11.0 Å². The molecular weight excluding hydrogens is 239 g/mol. The third-order valence-corrected chi connectivity index (χ3v) is 4.51. The molecule has 0 radical (unpaired) electrons. The van der Waals surface area contributed by atoms with E-state index in [1.807, 2.05) is 6.92 Å². The molecule has 2 aliphatic carbocycles. The smallest absolute Gasteiger partial charge is 0.200 e. The normalized spacial score (nSPS) is 34.2. The summed E-state index contributed by atoms with van der Waals surface area (Å²) in [5.74, 6) is -9.08. The molecule has 0 heterocycles. The second-order valence-corrected chi connectivity index (χ2v) is 5.26. The molecule has 0 amide bonds. The molecule has 92 valence electrons. The summed E-state index contributed by atoms with van der Waals surface area (Å²) < 4.78 is 66.2. The third-order valence-electron chi connectivity index (χ3n) is 4.51. The van der Waals surface area contributed by atoms with E-state index < -0.39 is 40.1 Å². The summed E-state index contributed by atoms with van der Waals surface area (Å²) in [6.07, 6.45) is 1.76. The SMILES string of the molecule is CC12CCC1(c1c(F)c(F)c(F)c(F)c1F)C2. The zero-order chi connectivity index (χ0) is 12.6. The Labute approximate surface area is 94.4 Å². The number of halogens is 5. The van der Waals surface area contributed by atoms with Gasteiger partial charge >= 0.3 is 0 Å². The van der Waals surface area contributed by atoms with E-state index in [0.29, 0.717) is 12.8 Å². The van der Waals surface area contributed by atoms with E-state index in [1.54, 1.807) is 0 Å². The molecule has 0 N–H and O–H groups in total. The van der Waals surface area contributed by atoms with Crippen LogP contribution in [-0.2, 0) is 5.41 Å². The Kier molecular flexibility index (Phi) is 1.82. The Morgan fingerprint density at radius 3 is 1.53 bits per heavy atom. The van der Waals surface area contributed by atoms with Crippen LogP contribution in [0.15, 0.2) is 0 Å². The highest BCUT2D eigenvalue weighted by Crippen LogP contribution is 2.78. The van der Waals surface area contributed by atoms with Crippen LogP contribution in [0.3, 0.4) is 0 Å². The maximum atomic E-state index is 13.6. The molecule has 2 aliphatic rings. The molecule has 0 bridgehead atoms. The van der Waals surface area contributed by atoms with Crippen molar-refractivity contribution in [3.63, 3.8) is 0 Å². The molecule has 0 spiro atoms. The third kappa shape index (κ3) is 1.03. The highest BCUT2D eigenvalue weighted by Gasteiger charge is 2.73. The predicted octanol–water partition coefficient (Wildman–Crippen LogP) is 3.82. The minimum atomic E-state index is -2.08. The van der Waals surface area contributed by atoms with Gasteiger partial charge in [-0.15, -0.1) is 0 Å². The highest BCUT2D eigenvalue weighted by molar-refractivity contribution is 5.44. The first-order valence-electron chi connectivity index (χ1n) is 5.36. The Hall–Kier alpha value is -1.13. The van der Waals surface area contributed by atoms with Gasteiger partial charge in [-0.1, -0.05) is 6.92 Å². The lowest BCUT2D eigenvalue weighted by atomic mass is 9.70. The van der Waals surface area contributed by atoms with Crippen LogP contribution in [0.5, 0.6) is 0 Å². The van der Waals surface area contributed by atoms with Gasteiger partial charge in [-0.25, -0.2) is 22.0 Å². The first-order valence-corrected chi connectivity index (χ1v) is 5.36. The summed E-state index contributed by atoms with van der Waals surface area (Å²) in [6.45, 7) is 1.81. The molecule has 2 unspecified atom stereocenters. The van der Waals surface area contributed by atoms with Crippen LogP contribution in [0.2, 0.25) is 0 Å². The van der Waals surface area contributed by atoms with Crippen molar-refractivity contribution in [1.82, 2.24) is 0 Å². The van der Waals surface area contributed by atoms with Crippen LogP contribution in [0.4, 0.5) is 22.0 Å². The monoisotopic (exact) mass is 248 g/mol. The van der Waals surface area contributed by atoms with Gasteiger partial charge in [0.1, 0.15) is 0 Å². The Morgan fingerprint density at radius 1 is 0.765 bits per heavy atom. The van der Waals surface area contributed by atoms with Crippen molar-refractivity contribution in [1.29, 1.82) is 0 Å². The van der Waals surface area contributed by atoms with Gasteiger partial charge in [-0.3, -0.25) is 0 Å². The van der Waals surface area contributed by atoms with E-state index in [9.17, 15) is 22.0 Å². The van der Waals surface area contributed by atoms with Crippen molar-refractivity contribution in [3.05, 3.63) is 34.6 Å². The van der Waals surface area contributed by atoms with Crippen molar-refractivity contribution in [3.8, 4) is 0 Å². The first kappa shape index (κ1) is 11.0. The molecule has 0 nitrogen and oxygen atoms in total. The summed E-state index contributed by atoms with van der Waals surface area (Å²) in [6, 6.07) is 0. The molecule has 0 saturated heterocycles. The molecule has 1 aromatic rings. The maximum absolute atomic E-state index is 13.6. The highest BCUT2D eigenvalue weighted by atomic mass is 19.2. The van der Waals surface area contributed by atoms with Crippen molar-refractivity contribution in [2.45, 2.75) is 31.6 Å². The summed E-state index contributed by atoms with van der Waals surface area (Å²) in [7, 11) is 0. The fraction of sp³-hybridized carbons (Fsp3) is 0.500. The lowest BCUT2D eigenvalue weighted by molar-refractivity contribution is 0.253. The molecular formula is C12H9F5. The lowest BCUT2D eigenvalue weighted by Crippen LogP contribution is -2.30. The van der Waals surface area contributed by atoms with Gasteiger partial charge in [-0.05, 0) is 24.7 Å². The molecule has 2 atom stereocenters. The van der Waals surface area contributed by atoms with E-state index in [2.05, 4.69) is 0 Å². The topological polar surface area (TPSA) is 0 Å². The van der Waals surface area contributed by atoms with Gasteiger partial charge in [-0.2, -0.15) is 0 Å². The zero-order valence-corrected chi connectivity index (χ0v) is 9.01. The quantitative estimate of drug-likeness (QED) is 0.402. The molecule has 3 rings (SSSR count). The fourth-order valence-corrected chi connectivity index (χ4v) is 3.19. The van der Waals surface area contributed by atoms with Gasteiger partial charge in [0.05, 0.1) is 0 Å². The number of hydrogen-bond acceptors (Lipinski definition) is 0. The number of rotatable bonds is 1.